The summed E-state index contributed by atoms with van der Waals surface area (Å²) in [6.07, 6.45) is 2.05. The van der Waals surface area contributed by atoms with Gasteiger partial charge in [0.05, 0.1) is 5.69 Å². The Morgan fingerprint density at radius 1 is 1.35 bits per heavy atom. The number of aryl methyl sites for hydroxylation is 2. The van der Waals surface area contributed by atoms with Gasteiger partial charge >= 0.3 is 0 Å². The van der Waals surface area contributed by atoms with Crippen LogP contribution in [0.2, 0.25) is 0 Å². The van der Waals surface area contributed by atoms with E-state index in [1.807, 2.05) is 23.5 Å². The zero-order valence-corrected chi connectivity index (χ0v) is 13.5. The molecule has 0 radical (unpaired) electrons. The number of guanidine groups is 1. The highest BCUT2D eigenvalue weighted by atomic mass is 32.2. The molecule has 0 spiro atoms. The zero-order chi connectivity index (χ0) is 14.5. The van der Waals surface area contributed by atoms with E-state index < -0.39 is 0 Å². The number of hydrogen-bond donors (Lipinski definition) is 1. The summed E-state index contributed by atoms with van der Waals surface area (Å²) < 4.78 is 1.95. The van der Waals surface area contributed by atoms with Gasteiger partial charge in [0.25, 0.3) is 0 Å². The van der Waals surface area contributed by atoms with Gasteiger partial charge in [-0.1, -0.05) is 0 Å². The lowest BCUT2D eigenvalue weighted by Gasteiger charge is -2.27. The van der Waals surface area contributed by atoms with Gasteiger partial charge in [-0.3, -0.25) is 9.67 Å². The lowest BCUT2D eigenvalue weighted by atomic mass is 10.1. The van der Waals surface area contributed by atoms with Crippen LogP contribution in [-0.4, -0.2) is 51.8 Å². The number of thioether (sulfide) groups is 1. The third-order valence-corrected chi connectivity index (χ3v) is 4.80. The predicted octanol–water partition coefficient (Wildman–Crippen LogP) is 1.33. The molecule has 0 aromatic carbocycles. The predicted molar refractivity (Wildman–Crippen MR) is 86.4 cm³/mol. The molecule has 2 N–H and O–H groups in total. The molecule has 6 heteroatoms. The molecule has 2 heterocycles. The second kappa shape index (κ2) is 7.02. The largest absolute Gasteiger partial charge is 0.370 e. The van der Waals surface area contributed by atoms with Crippen molar-refractivity contribution in [1.82, 2.24) is 14.7 Å². The van der Waals surface area contributed by atoms with E-state index >= 15 is 0 Å². The minimum absolute atomic E-state index is 0.713. The van der Waals surface area contributed by atoms with E-state index in [4.69, 9.17) is 5.73 Å². The lowest BCUT2D eigenvalue weighted by Crippen LogP contribution is -2.42. The number of nitrogens with two attached hydrogens (primary N) is 1. The topological polar surface area (TPSA) is 59.4 Å². The van der Waals surface area contributed by atoms with Crippen molar-refractivity contribution in [1.29, 1.82) is 0 Å². The molecule has 20 heavy (non-hydrogen) atoms. The third kappa shape index (κ3) is 3.69. The van der Waals surface area contributed by atoms with E-state index in [9.17, 15) is 0 Å². The highest BCUT2D eigenvalue weighted by Gasteiger charge is 2.12. The van der Waals surface area contributed by atoms with Crippen LogP contribution in [0.25, 0.3) is 0 Å². The van der Waals surface area contributed by atoms with Crippen molar-refractivity contribution in [3.63, 3.8) is 0 Å². The molecule has 0 amide bonds. The van der Waals surface area contributed by atoms with Crippen LogP contribution in [0.15, 0.2) is 4.99 Å². The fourth-order valence-electron chi connectivity index (χ4n) is 2.52. The van der Waals surface area contributed by atoms with Crippen molar-refractivity contribution < 1.29 is 0 Å². The van der Waals surface area contributed by atoms with Crippen molar-refractivity contribution in [2.75, 3.05) is 31.1 Å². The summed E-state index contributed by atoms with van der Waals surface area (Å²) in [5.74, 6) is 3.03. The van der Waals surface area contributed by atoms with Crippen LogP contribution >= 0.6 is 11.8 Å². The van der Waals surface area contributed by atoms with Crippen LogP contribution in [-0.2, 0) is 13.5 Å². The number of nitrogens with zero attached hydrogens (tertiary/aromatic N) is 4. The summed E-state index contributed by atoms with van der Waals surface area (Å²) in [7, 11) is 2.00. The van der Waals surface area contributed by atoms with Gasteiger partial charge in [0.2, 0.25) is 0 Å². The molecule has 0 bridgehead atoms. The maximum Gasteiger partial charge on any atom is 0.191 e. The average molecular weight is 295 g/mol. The van der Waals surface area contributed by atoms with E-state index in [1.54, 1.807) is 0 Å². The number of aromatic nitrogens is 2. The Bertz CT molecular complexity index is 474. The molecule has 5 nitrogen and oxygen atoms in total. The first-order valence-electron chi connectivity index (χ1n) is 7.21. The average Bonchev–Trinajstić information content (AvgIpc) is 2.70. The van der Waals surface area contributed by atoms with Crippen LogP contribution in [0, 0.1) is 13.8 Å². The first kappa shape index (κ1) is 15.2. The van der Waals surface area contributed by atoms with Crippen molar-refractivity contribution >= 4 is 17.7 Å². The van der Waals surface area contributed by atoms with Gasteiger partial charge < -0.3 is 10.6 Å². The summed E-state index contributed by atoms with van der Waals surface area (Å²) in [5.41, 5.74) is 9.79. The van der Waals surface area contributed by atoms with Crippen molar-refractivity contribution in [3.05, 3.63) is 17.0 Å². The first-order chi connectivity index (χ1) is 9.59. The van der Waals surface area contributed by atoms with E-state index in [2.05, 4.69) is 28.8 Å². The highest BCUT2D eigenvalue weighted by molar-refractivity contribution is 7.99. The molecule has 1 saturated heterocycles. The van der Waals surface area contributed by atoms with Crippen LogP contribution in [0.3, 0.4) is 0 Å². The van der Waals surface area contributed by atoms with Crippen LogP contribution < -0.4 is 5.73 Å². The molecule has 1 aliphatic rings. The lowest BCUT2D eigenvalue weighted by molar-refractivity contribution is 0.455. The maximum absolute atomic E-state index is 6.04. The molecule has 1 aliphatic heterocycles. The number of rotatable bonds is 4. The standard InChI is InChI=1S/C14H25N5S/c1-11-13(12(2)18(3)17-11)5-4-6-16-14(15)19-7-9-20-10-8-19/h4-10H2,1-3H3,(H2,15,16). The molecule has 112 valence electrons. The second-order valence-corrected chi connectivity index (χ2v) is 6.44. The van der Waals surface area contributed by atoms with E-state index in [-0.39, 0.29) is 0 Å². The Balaban J connectivity index is 1.80. The van der Waals surface area contributed by atoms with E-state index in [1.165, 1.54) is 11.3 Å². The fourth-order valence-corrected chi connectivity index (χ4v) is 3.42. The van der Waals surface area contributed by atoms with Crippen LogP contribution in [0.4, 0.5) is 0 Å². The molecular weight excluding hydrogens is 270 g/mol. The maximum atomic E-state index is 6.04. The van der Waals surface area contributed by atoms with Crippen LogP contribution in [0.1, 0.15) is 23.4 Å². The highest BCUT2D eigenvalue weighted by Crippen LogP contribution is 2.14. The van der Waals surface area contributed by atoms with Crippen LogP contribution in [0.5, 0.6) is 0 Å². The number of aliphatic imine (C=N–C) groups is 1. The Labute approximate surface area is 125 Å². The second-order valence-electron chi connectivity index (χ2n) is 5.22. The van der Waals surface area contributed by atoms with Gasteiger partial charge in [-0.2, -0.15) is 16.9 Å². The summed E-state index contributed by atoms with van der Waals surface area (Å²) in [6.45, 7) is 7.05. The smallest absolute Gasteiger partial charge is 0.191 e. The molecular formula is C14H25N5S. The SMILES string of the molecule is Cc1nn(C)c(C)c1CCCN=C(N)N1CCSCC1. The summed E-state index contributed by atoms with van der Waals surface area (Å²) in [4.78, 5) is 6.70. The zero-order valence-electron chi connectivity index (χ0n) is 12.7. The molecule has 1 aromatic rings. The molecule has 0 saturated carbocycles. The Morgan fingerprint density at radius 2 is 2.05 bits per heavy atom. The van der Waals surface area contributed by atoms with E-state index in [0.717, 1.165) is 49.7 Å². The summed E-state index contributed by atoms with van der Waals surface area (Å²) in [5, 5.41) is 4.44. The van der Waals surface area contributed by atoms with Crippen molar-refractivity contribution in [2.24, 2.45) is 17.8 Å². The number of hydrogen-bond acceptors (Lipinski definition) is 3. The minimum Gasteiger partial charge on any atom is -0.370 e. The molecule has 2 rings (SSSR count). The van der Waals surface area contributed by atoms with Gasteiger partial charge in [0, 0.05) is 43.9 Å². The normalized spacial score (nSPS) is 16.8. The third-order valence-electron chi connectivity index (χ3n) is 3.85. The van der Waals surface area contributed by atoms with Gasteiger partial charge in [0.15, 0.2) is 5.96 Å². The van der Waals surface area contributed by atoms with Gasteiger partial charge in [0.1, 0.15) is 0 Å². The first-order valence-corrected chi connectivity index (χ1v) is 8.36. The van der Waals surface area contributed by atoms with Crippen molar-refractivity contribution in [2.45, 2.75) is 26.7 Å². The Kier molecular flexibility index (Phi) is 5.34. The van der Waals surface area contributed by atoms with Crippen molar-refractivity contribution in [3.8, 4) is 0 Å². The molecule has 0 atom stereocenters. The fraction of sp³-hybridized carbons (Fsp3) is 0.714. The molecule has 1 aromatic heterocycles. The Morgan fingerprint density at radius 3 is 2.65 bits per heavy atom. The van der Waals surface area contributed by atoms with Gasteiger partial charge in [-0.25, -0.2) is 0 Å². The quantitative estimate of drug-likeness (QED) is 0.517. The monoisotopic (exact) mass is 295 g/mol. The van der Waals surface area contributed by atoms with Gasteiger partial charge in [-0.15, -0.1) is 0 Å². The summed E-state index contributed by atoms with van der Waals surface area (Å²) >= 11 is 1.99. The molecule has 1 fully saturated rings. The van der Waals surface area contributed by atoms with Gasteiger partial charge in [-0.05, 0) is 32.3 Å². The Hall–Kier alpha value is -1.17. The molecule has 0 unspecified atom stereocenters. The molecule has 0 aliphatic carbocycles. The summed E-state index contributed by atoms with van der Waals surface area (Å²) in [6, 6.07) is 0. The minimum atomic E-state index is 0.713. The van der Waals surface area contributed by atoms with E-state index in [0.29, 0.717) is 5.96 Å².